The van der Waals surface area contributed by atoms with Crippen LogP contribution in [-0.4, -0.2) is 82.0 Å². The summed E-state index contributed by atoms with van der Waals surface area (Å²) >= 11 is 0. The Bertz CT molecular complexity index is 1060. The number of hydrogen-bond acceptors (Lipinski definition) is 5. The van der Waals surface area contributed by atoms with E-state index in [4.69, 9.17) is 0 Å². The van der Waals surface area contributed by atoms with Crippen LogP contribution < -0.4 is 4.90 Å². The van der Waals surface area contributed by atoms with Gasteiger partial charge in [-0.2, -0.15) is 5.10 Å². The van der Waals surface area contributed by atoms with Gasteiger partial charge < -0.3 is 14.9 Å². The van der Waals surface area contributed by atoms with Gasteiger partial charge in [0.2, 0.25) is 5.91 Å². The number of anilines is 1. The lowest BCUT2D eigenvalue weighted by Crippen LogP contribution is -2.59. The highest BCUT2D eigenvalue weighted by Gasteiger charge is 2.35. The molecule has 0 radical (unpaired) electrons. The molecular weight excluding hydrogens is 409 g/mol. The van der Waals surface area contributed by atoms with Crippen LogP contribution in [-0.2, 0) is 11.3 Å². The Morgan fingerprint density at radius 3 is 2.53 bits per heavy atom. The first kappa shape index (κ1) is 20.9. The Balaban J connectivity index is 1.15. The van der Waals surface area contributed by atoms with Gasteiger partial charge in [0.15, 0.2) is 0 Å². The standard InChI is InChI=1S/C24H28FN5O2/c25-19-6-2-4-8-21(19)27-11-13-28(14-12-27)22-9-10-29(16-23(22)31)24(32)17-30-15-18-5-1-3-7-20(18)26-30/h1-8,15,22-23,31H,9-14,16-17H2/t22-,23-/m1/s1. The number of nitrogens with zero attached hydrogens (tertiary/aromatic N) is 5. The molecule has 1 N–H and O–H groups in total. The average molecular weight is 438 g/mol. The number of halogens is 1. The molecule has 0 saturated carbocycles. The molecule has 3 aromatic rings. The van der Waals surface area contributed by atoms with Gasteiger partial charge in [0.05, 0.1) is 17.3 Å². The molecule has 7 nitrogen and oxygen atoms in total. The fraction of sp³-hybridized carbons (Fsp3) is 0.417. The first-order chi connectivity index (χ1) is 15.6. The summed E-state index contributed by atoms with van der Waals surface area (Å²) in [5.41, 5.74) is 1.51. The molecule has 3 heterocycles. The molecule has 2 aliphatic heterocycles. The third-order valence-corrected chi connectivity index (χ3v) is 6.63. The van der Waals surface area contributed by atoms with Crippen LogP contribution >= 0.6 is 0 Å². The number of aliphatic hydroxyl groups is 1. The van der Waals surface area contributed by atoms with Crippen LogP contribution in [0.15, 0.2) is 54.7 Å². The van der Waals surface area contributed by atoms with E-state index in [1.807, 2.05) is 42.6 Å². The second-order valence-corrected chi connectivity index (χ2v) is 8.62. The maximum absolute atomic E-state index is 14.1. The fourth-order valence-electron chi connectivity index (χ4n) is 4.91. The number of para-hydroxylation sites is 1. The highest BCUT2D eigenvalue weighted by atomic mass is 19.1. The highest BCUT2D eigenvalue weighted by Crippen LogP contribution is 2.24. The van der Waals surface area contributed by atoms with E-state index < -0.39 is 6.10 Å². The molecule has 8 heteroatoms. The van der Waals surface area contributed by atoms with Crippen molar-refractivity contribution in [3.8, 4) is 0 Å². The quantitative estimate of drug-likeness (QED) is 0.676. The molecule has 0 spiro atoms. The molecule has 2 atom stereocenters. The van der Waals surface area contributed by atoms with Crippen LogP contribution in [0.25, 0.3) is 10.9 Å². The van der Waals surface area contributed by atoms with E-state index >= 15 is 0 Å². The minimum absolute atomic E-state index is 0.0223. The zero-order chi connectivity index (χ0) is 22.1. The lowest BCUT2D eigenvalue weighted by atomic mass is 9.99. The maximum Gasteiger partial charge on any atom is 0.244 e. The van der Waals surface area contributed by atoms with Gasteiger partial charge in [0, 0.05) is 56.9 Å². The number of carbonyl (C=O) groups excluding carboxylic acids is 1. The van der Waals surface area contributed by atoms with E-state index in [0.29, 0.717) is 18.8 Å². The molecule has 168 valence electrons. The van der Waals surface area contributed by atoms with E-state index in [0.717, 1.165) is 43.5 Å². The topological polar surface area (TPSA) is 64.8 Å². The van der Waals surface area contributed by atoms with E-state index in [1.165, 1.54) is 6.07 Å². The van der Waals surface area contributed by atoms with Gasteiger partial charge >= 0.3 is 0 Å². The molecule has 1 amide bonds. The summed E-state index contributed by atoms with van der Waals surface area (Å²) in [6, 6.07) is 14.7. The van der Waals surface area contributed by atoms with Crippen LogP contribution in [0.2, 0.25) is 0 Å². The molecule has 0 bridgehead atoms. The van der Waals surface area contributed by atoms with Gasteiger partial charge in [0.1, 0.15) is 12.4 Å². The lowest BCUT2D eigenvalue weighted by molar-refractivity contribution is -0.137. The van der Waals surface area contributed by atoms with Gasteiger partial charge in [-0.15, -0.1) is 0 Å². The number of hydrogen-bond donors (Lipinski definition) is 1. The zero-order valence-electron chi connectivity index (χ0n) is 18.0. The van der Waals surface area contributed by atoms with E-state index in [2.05, 4.69) is 14.9 Å². The average Bonchev–Trinajstić information content (AvgIpc) is 3.22. The smallest absolute Gasteiger partial charge is 0.244 e. The minimum Gasteiger partial charge on any atom is -0.390 e. The van der Waals surface area contributed by atoms with Crippen molar-refractivity contribution in [3.63, 3.8) is 0 Å². The van der Waals surface area contributed by atoms with E-state index in [-0.39, 0.29) is 24.3 Å². The van der Waals surface area contributed by atoms with E-state index in [1.54, 1.807) is 15.6 Å². The third kappa shape index (κ3) is 4.20. The molecular formula is C24H28FN5O2. The molecule has 0 unspecified atom stereocenters. The number of aromatic nitrogens is 2. The largest absolute Gasteiger partial charge is 0.390 e. The number of β-amino-alcohol motifs (C(OH)–C–C–N with tert-alkyl or cyclic N) is 1. The Kier molecular flexibility index (Phi) is 5.80. The molecule has 1 aromatic heterocycles. The zero-order valence-corrected chi connectivity index (χ0v) is 18.0. The monoisotopic (exact) mass is 437 g/mol. The Labute approximate surface area is 186 Å². The number of likely N-dealkylation sites (tertiary alicyclic amines) is 1. The number of benzene rings is 2. The summed E-state index contributed by atoms with van der Waals surface area (Å²) in [5.74, 6) is -0.224. The van der Waals surface area contributed by atoms with Gasteiger partial charge in [-0.1, -0.05) is 30.3 Å². The number of aliphatic hydroxyl groups excluding tert-OH is 1. The van der Waals surface area contributed by atoms with Crippen molar-refractivity contribution in [2.45, 2.75) is 25.1 Å². The summed E-state index contributed by atoms with van der Waals surface area (Å²) in [5, 5.41) is 16.3. The van der Waals surface area contributed by atoms with Gasteiger partial charge in [0.25, 0.3) is 0 Å². The highest BCUT2D eigenvalue weighted by molar-refractivity contribution is 5.80. The second-order valence-electron chi connectivity index (χ2n) is 8.62. The Hall–Kier alpha value is -2.97. The Morgan fingerprint density at radius 1 is 1.03 bits per heavy atom. The van der Waals surface area contributed by atoms with Crippen LogP contribution in [0, 0.1) is 5.82 Å². The number of rotatable bonds is 4. The lowest BCUT2D eigenvalue weighted by Gasteiger charge is -2.45. The Morgan fingerprint density at radius 2 is 1.78 bits per heavy atom. The van der Waals surface area contributed by atoms with Crippen LogP contribution in [0.1, 0.15) is 6.42 Å². The number of amides is 1. The number of carbonyl (C=O) groups is 1. The number of piperidine rings is 1. The SMILES string of the molecule is O=C(Cn1cc2ccccc2n1)N1CC[C@@H](N2CCN(c3ccccc3F)CC2)[C@H](O)C1. The minimum atomic E-state index is -0.593. The van der Waals surface area contributed by atoms with E-state index in [9.17, 15) is 14.3 Å². The van der Waals surface area contributed by atoms with Crippen molar-refractivity contribution in [1.29, 1.82) is 0 Å². The van der Waals surface area contributed by atoms with Crippen LogP contribution in [0.3, 0.4) is 0 Å². The summed E-state index contributed by atoms with van der Waals surface area (Å²) in [4.78, 5) is 18.9. The van der Waals surface area contributed by atoms with Crippen LogP contribution in [0.4, 0.5) is 10.1 Å². The maximum atomic E-state index is 14.1. The summed E-state index contributed by atoms with van der Waals surface area (Å²) < 4.78 is 15.8. The number of piperazine rings is 1. The number of fused-ring (bicyclic) bond motifs is 1. The normalized spacial score (nSPS) is 22.4. The first-order valence-electron chi connectivity index (χ1n) is 11.2. The van der Waals surface area contributed by atoms with Crippen molar-refractivity contribution < 1.29 is 14.3 Å². The predicted octanol–water partition coefficient (Wildman–Crippen LogP) is 1.96. The van der Waals surface area contributed by atoms with Crippen molar-refractivity contribution >= 4 is 22.5 Å². The molecule has 32 heavy (non-hydrogen) atoms. The van der Waals surface area contributed by atoms with Crippen molar-refractivity contribution in [2.24, 2.45) is 0 Å². The van der Waals surface area contributed by atoms with Crippen molar-refractivity contribution in [1.82, 2.24) is 19.6 Å². The van der Waals surface area contributed by atoms with Gasteiger partial charge in [-0.05, 0) is 24.6 Å². The fourth-order valence-corrected chi connectivity index (χ4v) is 4.91. The predicted molar refractivity (Wildman–Crippen MR) is 121 cm³/mol. The molecule has 2 saturated heterocycles. The molecule has 2 aliphatic rings. The van der Waals surface area contributed by atoms with Crippen molar-refractivity contribution in [3.05, 3.63) is 60.5 Å². The summed E-state index contributed by atoms with van der Waals surface area (Å²) in [7, 11) is 0. The molecule has 5 rings (SSSR count). The molecule has 2 aromatic carbocycles. The summed E-state index contributed by atoms with van der Waals surface area (Å²) in [6.07, 6.45) is 2.02. The van der Waals surface area contributed by atoms with Crippen LogP contribution in [0.5, 0.6) is 0 Å². The van der Waals surface area contributed by atoms with Crippen molar-refractivity contribution in [2.75, 3.05) is 44.2 Å². The van der Waals surface area contributed by atoms with Gasteiger partial charge in [-0.3, -0.25) is 14.4 Å². The third-order valence-electron chi connectivity index (χ3n) is 6.63. The van der Waals surface area contributed by atoms with Gasteiger partial charge in [-0.25, -0.2) is 4.39 Å². The second kappa shape index (κ2) is 8.88. The molecule has 2 fully saturated rings. The molecule has 0 aliphatic carbocycles. The summed E-state index contributed by atoms with van der Waals surface area (Å²) in [6.45, 7) is 4.10. The first-order valence-corrected chi connectivity index (χ1v) is 11.2.